The van der Waals surface area contributed by atoms with Crippen molar-refractivity contribution >= 4 is 40.6 Å². The number of nitro groups is 1. The predicted octanol–water partition coefficient (Wildman–Crippen LogP) is 5.56. The summed E-state index contributed by atoms with van der Waals surface area (Å²) in [5, 5.41) is 11.7. The van der Waals surface area contributed by atoms with Gasteiger partial charge in [-0.1, -0.05) is 42.3 Å². The molecule has 3 aromatic rings. The molecule has 6 rings (SSSR count). The Hall–Kier alpha value is -4.53. The number of non-ortho nitro benzene ring substituents is 1. The van der Waals surface area contributed by atoms with Crippen molar-refractivity contribution in [1.29, 1.82) is 0 Å². The number of hydrogen-bond acceptors (Lipinski definition) is 6. The number of nitro benzene ring substituents is 1. The van der Waals surface area contributed by atoms with Crippen LogP contribution in [0.3, 0.4) is 0 Å². The molecule has 204 valence electrons. The van der Waals surface area contributed by atoms with Crippen LogP contribution in [-0.2, 0) is 16.0 Å². The maximum Gasteiger partial charge on any atom is 0.342 e. The molecule has 9 heteroatoms. The Morgan fingerprint density at radius 1 is 0.850 bits per heavy atom. The fourth-order valence-electron chi connectivity index (χ4n) is 6.47. The smallest absolute Gasteiger partial charge is 0.342 e. The van der Waals surface area contributed by atoms with Gasteiger partial charge in [-0.3, -0.25) is 19.7 Å². The minimum absolute atomic E-state index is 0.0342. The van der Waals surface area contributed by atoms with Crippen LogP contribution in [0.15, 0.2) is 66.7 Å². The molecule has 0 aliphatic carbocycles. The molecular weight excluding hydrogens is 508 g/mol. The Morgan fingerprint density at radius 2 is 1.40 bits per heavy atom. The summed E-state index contributed by atoms with van der Waals surface area (Å²) in [5.74, 6) is -0.927. The van der Waals surface area contributed by atoms with Crippen molar-refractivity contribution in [2.75, 3.05) is 21.2 Å². The number of benzene rings is 3. The molecule has 0 N–H and O–H groups in total. The number of amides is 4. The molecule has 3 heterocycles. The summed E-state index contributed by atoms with van der Waals surface area (Å²) in [7, 11) is 0. The van der Waals surface area contributed by atoms with Gasteiger partial charge in [-0.15, -0.1) is 0 Å². The lowest BCUT2D eigenvalue weighted by Crippen LogP contribution is -2.74. The summed E-state index contributed by atoms with van der Waals surface area (Å²) < 4.78 is 0. The van der Waals surface area contributed by atoms with Crippen molar-refractivity contribution in [3.8, 4) is 0 Å². The lowest BCUT2D eigenvalue weighted by Gasteiger charge is -2.56. The van der Waals surface area contributed by atoms with Crippen LogP contribution in [-0.4, -0.2) is 35.4 Å². The number of aryl methyl sites for hydroxylation is 2. The van der Waals surface area contributed by atoms with Crippen LogP contribution < -0.4 is 14.7 Å². The number of barbiturate groups is 1. The average Bonchev–Trinajstić information content (AvgIpc) is 2.93. The van der Waals surface area contributed by atoms with Crippen LogP contribution in [0.1, 0.15) is 36.5 Å². The standard InChI is InChI=1S/C31H30N4O5/c1-19-4-8-23(9-5-19)33-28(36)31(29(37)34(30(33)38)24-10-6-20(2)7-11-24)18-22-17-25(35(39)40)12-13-26(22)32-15-14-21(3)16-27(31)32/h4-13,17,21,27H,14-16,18H2,1-3H3. The molecule has 3 aliphatic rings. The van der Waals surface area contributed by atoms with Crippen molar-refractivity contribution in [2.45, 2.75) is 46.1 Å². The van der Waals surface area contributed by atoms with Crippen molar-refractivity contribution in [3.63, 3.8) is 0 Å². The lowest BCUT2D eigenvalue weighted by atomic mass is 9.64. The predicted molar refractivity (Wildman–Crippen MR) is 151 cm³/mol. The average molecular weight is 539 g/mol. The Morgan fingerprint density at radius 3 is 1.93 bits per heavy atom. The highest BCUT2D eigenvalue weighted by Gasteiger charge is 2.65. The largest absolute Gasteiger partial charge is 0.367 e. The number of carbonyl (C=O) groups excluding carboxylic acids is 3. The fourth-order valence-corrected chi connectivity index (χ4v) is 6.47. The molecule has 0 radical (unpaired) electrons. The summed E-state index contributed by atoms with van der Waals surface area (Å²) in [5.41, 5.74) is 2.30. The van der Waals surface area contributed by atoms with Gasteiger partial charge in [0.05, 0.1) is 22.3 Å². The van der Waals surface area contributed by atoms with E-state index in [4.69, 9.17) is 0 Å². The van der Waals surface area contributed by atoms with Gasteiger partial charge in [0.25, 0.3) is 17.5 Å². The third-order valence-electron chi connectivity index (χ3n) is 8.62. The second kappa shape index (κ2) is 9.29. The summed E-state index contributed by atoms with van der Waals surface area (Å²) in [6.07, 6.45) is 1.40. The van der Waals surface area contributed by atoms with Gasteiger partial charge in [-0.2, -0.15) is 0 Å². The van der Waals surface area contributed by atoms with Crippen molar-refractivity contribution in [2.24, 2.45) is 11.3 Å². The van der Waals surface area contributed by atoms with E-state index in [0.29, 0.717) is 29.9 Å². The first kappa shape index (κ1) is 25.7. The molecule has 1 spiro atoms. The number of imide groups is 2. The maximum absolute atomic E-state index is 14.7. The summed E-state index contributed by atoms with van der Waals surface area (Å²) in [6, 6.07) is 17.6. The molecule has 3 aromatic carbocycles. The third-order valence-corrected chi connectivity index (χ3v) is 8.62. The van der Waals surface area contributed by atoms with E-state index in [2.05, 4.69) is 11.8 Å². The van der Waals surface area contributed by atoms with Crippen molar-refractivity contribution in [1.82, 2.24) is 0 Å². The van der Waals surface area contributed by atoms with E-state index in [9.17, 15) is 24.5 Å². The highest BCUT2D eigenvalue weighted by molar-refractivity contribution is 6.39. The highest BCUT2D eigenvalue weighted by Crippen LogP contribution is 2.51. The van der Waals surface area contributed by atoms with E-state index in [1.165, 1.54) is 12.1 Å². The number of piperidine rings is 1. The second-order valence-corrected chi connectivity index (χ2v) is 11.3. The molecule has 2 unspecified atom stereocenters. The third kappa shape index (κ3) is 3.79. The van der Waals surface area contributed by atoms with Gasteiger partial charge >= 0.3 is 6.03 Å². The number of rotatable bonds is 3. The first-order valence-electron chi connectivity index (χ1n) is 13.5. The highest BCUT2D eigenvalue weighted by atomic mass is 16.6. The molecule has 2 atom stereocenters. The quantitative estimate of drug-likeness (QED) is 0.246. The number of nitrogens with zero attached hydrogens (tertiary/aromatic N) is 4. The number of anilines is 3. The van der Waals surface area contributed by atoms with E-state index in [1.54, 1.807) is 30.3 Å². The second-order valence-electron chi connectivity index (χ2n) is 11.3. The first-order chi connectivity index (χ1) is 19.1. The van der Waals surface area contributed by atoms with Crippen LogP contribution in [0.4, 0.5) is 27.5 Å². The molecule has 4 amide bonds. The van der Waals surface area contributed by atoms with E-state index in [1.807, 2.05) is 38.1 Å². The molecule has 0 aromatic heterocycles. The van der Waals surface area contributed by atoms with Gasteiger partial charge in [-0.25, -0.2) is 14.6 Å². The summed E-state index contributed by atoms with van der Waals surface area (Å²) in [6.45, 7) is 6.54. The molecule has 3 aliphatic heterocycles. The van der Waals surface area contributed by atoms with Gasteiger partial charge in [0.1, 0.15) is 0 Å². The monoisotopic (exact) mass is 538 g/mol. The van der Waals surface area contributed by atoms with Crippen molar-refractivity contribution in [3.05, 3.63) is 93.5 Å². The summed E-state index contributed by atoms with van der Waals surface area (Å²) in [4.78, 5) is 59.0. The molecule has 40 heavy (non-hydrogen) atoms. The van der Waals surface area contributed by atoms with E-state index >= 15 is 0 Å². The molecule has 9 nitrogen and oxygen atoms in total. The van der Waals surface area contributed by atoms with Gasteiger partial charge in [0.15, 0.2) is 5.41 Å². The fraction of sp³-hybridized carbons (Fsp3) is 0.323. The molecular formula is C31H30N4O5. The van der Waals surface area contributed by atoms with Crippen LogP contribution in [0.2, 0.25) is 0 Å². The SMILES string of the molecule is Cc1ccc(N2C(=O)N(c3ccc(C)cc3)C(=O)C3(Cc4cc([N+](=O)[O-])ccc4N4CCC(C)CC43)C2=O)cc1. The molecule has 0 saturated carbocycles. The molecule has 0 bridgehead atoms. The minimum Gasteiger partial charge on any atom is -0.367 e. The Bertz CT molecular complexity index is 1480. The summed E-state index contributed by atoms with van der Waals surface area (Å²) >= 11 is 0. The Labute approximate surface area is 232 Å². The van der Waals surface area contributed by atoms with Gasteiger partial charge < -0.3 is 4.90 Å². The lowest BCUT2D eigenvalue weighted by molar-refractivity contribution is -0.384. The van der Waals surface area contributed by atoms with Crippen LogP contribution >= 0.6 is 0 Å². The van der Waals surface area contributed by atoms with Gasteiger partial charge in [0.2, 0.25) is 0 Å². The van der Waals surface area contributed by atoms with E-state index in [0.717, 1.165) is 33.0 Å². The van der Waals surface area contributed by atoms with Crippen LogP contribution in [0.25, 0.3) is 0 Å². The Kier molecular flexibility index (Phi) is 5.98. The zero-order valence-electron chi connectivity index (χ0n) is 22.7. The van der Waals surface area contributed by atoms with Crippen molar-refractivity contribution < 1.29 is 19.3 Å². The first-order valence-corrected chi connectivity index (χ1v) is 13.5. The van der Waals surface area contributed by atoms with Gasteiger partial charge in [0, 0.05) is 30.8 Å². The molecule has 2 saturated heterocycles. The minimum atomic E-state index is -1.65. The van der Waals surface area contributed by atoms with Crippen LogP contribution in [0, 0.1) is 35.3 Å². The zero-order valence-corrected chi connectivity index (χ0v) is 22.7. The maximum atomic E-state index is 14.7. The normalized spacial score (nSPS) is 21.9. The number of hydrogen-bond donors (Lipinski definition) is 0. The molecule has 2 fully saturated rings. The number of carbonyl (C=O) groups is 3. The number of urea groups is 1. The van der Waals surface area contributed by atoms with Crippen LogP contribution in [0.5, 0.6) is 0 Å². The van der Waals surface area contributed by atoms with E-state index < -0.39 is 34.2 Å². The zero-order chi connectivity index (χ0) is 28.3. The van der Waals surface area contributed by atoms with Gasteiger partial charge in [-0.05, 0) is 68.5 Å². The van der Waals surface area contributed by atoms with E-state index in [-0.39, 0.29) is 18.0 Å². The Balaban J connectivity index is 1.60. The number of fused-ring (bicyclic) bond motifs is 4. The topological polar surface area (TPSA) is 104 Å².